The molecule has 0 atom stereocenters. The molecule has 1 aromatic carbocycles. The number of carbonyl (C=O) groups is 1. The molecule has 0 heterocycles. The highest BCUT2D eigenvalue weighted by Crippen LogP contribution is 2.15. The van der Waals surface area contributed by atoms with Crippen molar-refractivity contribution in [1.29, 1.82) is 0 Å². The number of hydrogen-bond acceptors (Lipinski definition) is 2. The fraction of sp³-hybridized carbons (Fsp3) is 0.125. The largest absolute Gasteiger partial charge is 0.353 e. The van der Waals surface area contributed by atoms with Gasteiger partial charge in [-0.15, -0.1) is 0 Å². The molecule has 1 rings (SSSR count). The summed E-state index contributed by atoms with van der Waals surface area (Å²) in [5.74, 6) is -1.79. The van der Waals surface area contributed by atoms with Gasteiger partial charge in [-0.2, -0.15) is 0 Å². The fourth-order valence-electron chi connectivity index (χ4n) is 0.848. The Morgan fingerprint density at radius 2 is 2.23 bits per heavy atom. The molecule has 0 aliphatic heterocycles. The molecule has 0 saturated heterocycles. The highest BCUT2D eigenvalue weighted by molar-refractivity contribution is 6.30. The lowest BCUT2D eigenvalue weighted by atomic mass is 10.1. The van der Waals surface area contributed by atoms with Crippen LogP contribution in [0, 0.1) is 5.82 Å². The van der Waals surface area contributed by atoms with Crippen molar-refractivity contribution < 1.29 is 18.7 Å². The molecule has 2 nitrogen and oxygen atoms in total. The summed E-state index contributed by atoms with van der Waals surface area (Å²) in [6.07, 6.45) is -0.445. The third-order valence-corrected chi connectivity index (χ3v) is 1.67. The lowest BCUT2D eigenvalue weighted by Gasteiger charge is -1.99. The maximum absolute atomic E-state index is 12.9. The topological polar surface area (TPSA) is 26.3 Å². The summed E-state index contributed by atoms with van der Waals surface area (Å²) in [6.45, 7) is 0. The van der Waals surface area contributed by atoms with Gasteiger partial charge in [-0.25, -0.2) is 9.18 Å². The fourth-order valence-corrected chi connectivity index (χ4v) is 1.01. The number of benzene rings is 1. The van der Waals surface area contributed by atoms with Gasteiger partial charge in [0.2, 0.25) is 0 Å². The lowest BCUT2D eigenvalue weighted by molar-refractivity contribution is -0.182. The predicted molar refractivity (Wildman–Crippen MR) is 42.3 cm³/mol. The third-order valence-electron chi connectivity index (χ3n) is 1.44. The minimum Gasteiger partial charge on any atom is -0.255 e. The Labute approximate surface area is 78.0 Å². The van der Waals surface area contributed by atoms with Crippen molar-refractivity contribution in [2.24, 2.45) is 0 Å². The van der Waals surface area contributed by atoms with E-state index in [9.17, 15) is 13.7 Å². The summed E-state index contributed by atoms with van der Waals surface area (Å²) >= 11 is 5.46. The van der Waals surface area contributed by atoms with Crippen LogP contribution in [-0.4, -0.2) is 5.97 Å². The van der Waals surface area contributed by atoms with Crippen LogP contribution in [0.4, 0.5) is 8.92 Å². The van der Waals surface area contributed by atoms with Gasteiger partial charge in [0.15, 0.2) is 0 Å². The van der Waals surface area contributed by atoms with Gasteiger partial charge in [0, 0.05) is 9.55 Å². The number of halogens is 3. The van der Waals surface area contributed by atoms with Crippen molar-refractivity contribution >= 4 is 17.6 Å². The molecule has 0 spiro atoms. The molecule has 0 radical (unpaired) electrons. The van der Waals surface area contributed by atoms with Crippen LogP contribution in [-0.2, 0) is 16.2 Å². The number of rotatable bonds is 2. The molecule has 0 aliphatic carbocycles. The second kappa shape index (κ2) is 4.18. The Bertz CT molecular complexity index is 328. The van der Waals surface area contributed by atoms with Crippen LogP contribution in [0.2, 0.25) is 5.02 Å². The van der Waals surface area contributed by atoms with Crippen molar-refractivity contribution in [3.8, 4) is 0 Å². The summed E-state index contributed by atoms with van der Waals surface area (Å²) in [4.78, 5) is 13.3. The minimum atomic E-state index is -1.14. The van der Waals surface area contributed by atoms with Crippen LogP contribution in [0.15, 0.2) is 18.2 Å². The molecule has 0 bridgehead atoms. The maximum atomic E-state index is 12.9. The Balaban J connectivity index is 2.83. The Morgan fingerprint density at radius 1 is 1.54 bits per heavy atom. The first-order valence-electron chi connectivity index (χ1n) is 3.39. The van der Waals surface area contributed by atoms with Gasteiger partial charge in [0.1, 0.15) is 5.82 Å². The predicted octanol–water partition coefficient (Wildman–Crippen LogP) is 2.45. The molecule has 13 heavy (non-hydrogen) atoms. The zero-order valence-corrected chi connectivity index (χ0v) is 7.15. The summed E-state index contributed by atoms with van der Waals surface area (Å²) in [7, 11) is 0. The third kappa shape index (κ3) is 2.66. The Morgan fingerprint density at radius 3 is 2.77 bits per heavy atom. The lowest BCUT2D eigenvalue weighted by Crippen LogP contribution is -2.04. The van der Waals surface area contributed by atoms with Gasteiger partial charge in [-0.05, 0) is 17.7 Å². The highest BCUT2D eigenvalue weighted by Gasteiger charge is 2.09. The molecule has 0 amide bonds. The Hall–Kier alpha value is -1.16. The summed E-state index contributed by atoms with van der Waals surface area (Å²) in [6, 6.07) is 3.75. The number of hydrogen-bond donors (Lipinski definition) is 0. The van der Waals surface area contributed by atoms with Crippen molar-refractivity contribution in [3.63, 3.8) is 0 Å². The summed E-state index contributed by atoms with van der Waals surface area (Å²) in [5, 5.41) is 0.217. The van der Waals surface area contributed by atoms with E-state index in [1.807, 2.05) is 0 Å². The van der Waals surface area contributed by atoms with Gasteiger partial charge >= 0.3 is 5.97 Å². The smallest absolute Gasteiger partial charge is 0.255 e. The van der Waals surface area contributed by atoms with E-state index in [0.29, 0.717) is 0 Å². The molecule has 0 fully saturated rings. The molecule has 0 saturated carbocycles. The molecule has 0 N–H and O–H groups in total. The van der Waals surface area contributed by atoms with Crippen LogP contribution < -0.4 is 0 Å². The van der Waals surface area contributed by atoms with Crippen molar-refractivity contribution in [3.05, 3.63) is 34.6 Å². The molecular weight excluding hydrogens is 202 g/mol. The summed E-state index contributed by atoms with van der Waals surface area (Å²) < 4.78 is 24.2. The zero-order chi connectivity index (χ0) is 9.84. The van der Waals surface area contributed by atoms with Crippen LogP contribution in [0.3, 0.4) is 0 Å². The van der Waals surface area contributed by atoms with Crippen molar-refractivity contribution in [2.75, 3.05) is 0 Å². The minimum absolute atomic E-state index is 0.0482. The SMILES string of the molecule is O=C(Cc1ccc(Cl)cc1F)OF. The van der Waals surface area contributed by atoms with Gasteiger partial charge in [-0.1, -0.05) is 17.7 Å². The molecular formula is C8H5ClF2O2. The van der Waals surface area contributed by atoms with E-state index in [0.717, 1.165) is 6.07 Å². The first-order chi connectivity index (χ1) is 6.13. The van der Waals surface area contributed by atoms with E-state index in [4.69, 9.17) is 11.6 Å². The van der Waals surface area contributed by atoms with E-state index in [1.54, 1.807) is 0 Å². The van der Waals surface area contributed by atoms with Gasteiger partial charge in [0.05, 0.1) is 6.42 Å². The van der Waals surface area contributed by atoms with Crippen LogP contribution in [0.1, 0.15) is 5.56 Å². The van der Waals surface area contributed by atoms with E-state index in [2.05, 4.69) is 4.94 Å². The molecule has 0 aromatic heterocycles. The second-order valence-electron chi connectivity index (χ2n) is 2.36. The van der Waals surface area contributed by atoms with Crippen molar-refractivity contribution in [1.82, 2.24) is 0 Å². The van der Waals surface area contributed by atoms with Gasteiger partial charge in [-0.3, -0.25) is 4.94 Å². The van der Waals surface area contributed by atoms with Gasteiger partial charge in [0.25, 0.3) is 0 Å². The number of carbonyl (C=O) groups excluding carboxylic acids is 1. The average molecular weight is 207 g/mol. The van der Waals surface area contributed by atoms with Crippen molar-refractivity contribution in [2.45, 2.75) is 6.42 Å². The normalized spacial score (nSPS) is 9.77. The van der Waals surface area contributed by atoms with Gasteiger partial charge < -0.3 is 0 Å². The quantitative estimate of drug-likeness (QED) is 0.743. The second-order valence-corrected chi connectivity index (χ2v) is 2.80. The monoisotopic (exact) mass is 206 g/mol. The zero-order valence-electron chi connectivity index (χ0n) is 6.39. The van der Waals surface area contributed by atoms with Crippen LogP contribution >= 0.6 is 11.6 Å². The first kappa shape index (κ1) is 9.92. The molecule has 1 aromatic rings. The highest BCUT2D eigenvalue weighted by atomic mass is 35.5. The van der Waals surface area contributed by atoms with Crippen LogP contribution in [0.5, 0.6) is 0 Å². The molecule has 0 aliphatic rings. The average Bonchev–Trinajstić information content (AvgIpc) is 2.09. The van der Waals surface area contributed by atoms with E-state index >= 15 is 0 Å². The maximum Gasteiger partial charge on any atom is 0.353 e. The molecule has 5 heteroatoms. The standard InChI is InChI=1S/C8H5ClF2O2/c9-6-2-1-5(7(10)4-6)3-8(12)13-11/h1-2,4H,3H2. The first-order valence-corrected chi connectivity index (χ1v) is 3.76. The summed E-state index contributed by atoms with van der Waals surface area (Å²) in [5.41, 5.74) is 0.0482. The van der Waals surface area contributed by atoms with E-state index in [1.165, 1.54) is 12.1 Å². The molecule has 70 valence electrons. The molecule has 0 unspecified atom stereocenters. The van der Waals surface area contributed by atoms with E-state index in [-0.39, 0.29) is 10.6 Å². The van der Waals surface area contributed by atoms with E-state index < -0.39 is 18.2 Å². The van der Waals surface area contributed by atoms with Crippen LogP contribution in [0.25, 0.3) is 0 Å². The Kier molecular flexibility index (Phi) is 3.19.